The fourth-order valence-electron chi connectivity index (χ4n) is 5.51. The summed E-state index contributed by atoms with van der Waals surface area (Å²) in [6, 6.07) is 16.3. The maximum absolute atomic E-state index is 12.7. The highest BCUT2D eigenvalue weighted by Gasteiger charge is 2.51. The van der Waals surface area contributed by atoms with Gasteiger partial charge in [-0.2, -0.15) is 0 Å². The summed E-state index contributed by atoms with van der Waals surface area (Å²) >= 11 is 0. The number of alkyl carbamates (subject to hydrolysis) is 1. The molecule has 2 unspecified atom stereocenters. The van der Waals surface area contributed by atoms with Crippen LogP contribution in [0.5, 0.6) is 0 Å². The molecule has 2 amide bonds. The Morgan fingerprint density at radius 1 is 0.941 bits per heavy atom. The van der Waals surface area contributed by atoms with Crippen LogP contribution in [0, 0.1) is 5.92 Å². The molecule has 2 fully saturated rings. The third-order valence-corrected chi connectivity index (χ3v) is 7.54. The molecule has 2 aromatic carbocycles. The number of fused-ring (bicyclic) bond motifs is 3. The van der Waals surface area contributed by atoms with E-state index in [1.165, 1.54) is 11.1 Å². The molecule has 2 saturated carbocycles. The molecule has 5 rings (SSSR count). The first-order chi connectivity index (χ1) is 16.5. The average molecular weight is 463 g/mol. The van der Waals surface area contributed by atoms with Crippen LogP contribution < -0.4 is 10.6 Å². The van der Waals surface area contributed by atoms with Gasteiger partial charge in [-0.25, -0.2) is 9.59 Å². The monoisotopic (exact) mass is 462 g/mol. The molecule has 0 spiro atoms. The van der Waals surface area contributed by atoms with Gasteiger partial charge in [-0.05, 0) is 53.9 Å². The van der Waals surface area contributed by atoms with E-state index in [-0.39, 0.29) is 36.8 Å². The number of carboxylic acids is 1. The highest BCUT2D eigenvalue weighted by atomic mass is 16.5. The Morgan fingerprint density at radius 2 is 1.56 bits per heavy atom. The fraction of sp³-hybridized carbons (Fsp3) is 0.444. The van der Waals surface area contributed by atoms with Crippen molar-refractivity contribution in [2.24, 2.45) is 5.92 Å². The predicted octanol–water partition coefficient (Wildman–Crippen LogP) is 4.21. The fourth-order valence-corrected chi connectivity index (χ4v) is 5.51. The van der Waals surface area contributed by atoms with Crippen molar-refractivity contribution in [3.63, 3.8) is 0 Å². The average Bonchev–Trinajstić information content (AvgIpc) is 3.55. The lowest BCUT2D eigenvalue weighted by atomic mass is 9.82. The summed E-state index contributed by atoms with van der Waals surface area (Å²) < 4.78 is 5.69. The largest absolute Gasteiger partial charge is 0.480 e. The molecule has 0 heterocycles. The van der Waals surface area contributed by atoms with Gasteiger partial charge < -0.3 is 20.5 Å². The quantitative estimate of drug-likeness (QED) is 0.572. The highest BCUT2D eigenvalue weighted by Crippen LogP contribution is 2.44. The number of amides is 2. The van der Waals surface area contributed by atoms with Gasteiger partial charge in [0.25, 0.3) is 0 Å². The van der Waals surface area contributed by atoms with Crippen molar-refractivity contribution >= 4 is 18.0 Å². The van der Waals surface area contributed by atoms with Gasteiger partial charge in [0.05, 0.1) is 0 Å². The van der Waals surface area contributed by atoms with E-state index in [2.05, 4.69) is 34.9 Å². The molecule has 0 aliphatic heterocycles. The molecule has 0 bridgehead atoms. The molecule has 0 saturated heterocycles. The van der Waals surface area contributed by atoms with Gasteiger partial charge in [0.2, 0.25) is 5.91 Å². The molecule has 3 aliphatic rings. The van der Waals surface area contributed by atoms with Crippen LogP contribution in [-0.2, 0) is 14.3 Å². The highest BCUT2D eigenvalue weighted by molar-refractivity contribution is 5.89. The molecule has 0 radical (unpaired) electrons. The number of ether oxygens (including phenoxy) is 1. The van der Waals surface area contributed by atoms with E-state index < -0.39 is 17.6 Å². The lowest BCUT2D eigenvalue weighted by Crippen LogP contribution is -2.47. The Bertz CT molecular complexity index is 1060. The van der Waals surface area contributed by atoms with Gasteiger partial charge >= 0.3 is 12.1 Å². The minimum Gasteiger partial charge on any atom is -0.480 e. The maximum atomic E-state index is 12.7. The Hall–Kier alpha value is -3.35. The molecule has 34 heavy (non-hydrogen) atoms. The molecular formula is C27H30N2O5. The standard InChI is InChI=1S/C27H30N2O5/c30-24(29-27(13-14-27)25(31)32)15-17-7-1-6-12-23(17)28-26(33)34-16-22-20-10-4-2-8-18(20)19-9-3-5-11-21(19)22/h2-5,8-11,17,22-23H,1,6-7,12-16H2,(H,28,33)(H,29,30)(H,31,32). The maximum Gasteiger partial charge on any atom is 0.407 e. The Morgan fingerprint density at radius 3 is 2.18 bits per heavy atom. The summed E-state index contributed by atoms with van der Waals surface area (Å²) in [5.74, 6) is -1.26. The zero-order chi connectivity index (χ0) is 23.7. The second kappa shape index (κ2) is 9.12. The second-order valence-electron chi connectivity index (χ2n) is 9.76. The van der Waals surface area contributed by atoms with Crippen LogP contribution in [0.4, 0.5) is 4.79 Å². The van der Waals surface area contributed by atoms with Crippen molar-refractivity contribution in [2.45, 2.75) is 62.4 Å². The number of carbonyl (C=O) groups is 3. The summed E-state index contributed by atoms with van der Waals surface area (Å²) in [6.45, 7) is 0.249. The Kier molecular flexibility index (Phi) is 6.02. The van der Waals surface area contributed by atoms with Crippen molar-refractivity contribution in [2.75, 3.05) is 6.61 Å². The summed E-state index contributed by atoms with van der Waals surface area (Å²) in [6.07, 6.45) is 4.26. The van der Waals surface area contributed by atoms with Crippen LogP contribution in [0.2, 0.25) is 0 Å². The number of nitrogens with one attached hydrogen (secondary N) is 2. The van der Waals surface area contributed by atoms with Crippen molar-refractivity contribution in [1.29, 1.82) is 0 Å². The molecule has 0 aromatic heterocycles. The Balaban J connectivity index is 1.19. The van der Waals surface area contributed by atoms with Gasteiger partial charge in [-0.3, -0.25) is 4.79 Å². The first kappa shape index (κ1) is 22.4. The van der Waals surface area contributed by atoms with Crippen molar-refractivity contribution in [3.8, 4) is 11.1 Å². The van der Waals surface area contributed by atoms with Gasteiger partial charge in [0.1, 0.15) is 12.1 Å². The normalized spacial score (nSPS) is 22.2. The van der Waals surface area contributed by atoms with Crippen molar-refractivity contribution in [1.82, 2.24) is 10.6 Å². The molecule has 7 nitrogen and oxygen atoms in total. The lowest BCUT2D eigenvalue weighted by Gasteiger charge is -2.32. The number of benzene rings is 2. The summed E-state index contributed by atoms with van der Waals surface area (Å²) in [4.78, 5) is 36.6. The van der Waals surface area contributed by atoms with Crippen LogP contribution in [0.25, 0.3) is 11.1 Å². The van der Waals surface area contributed by atoms with E-state index in [1.54, 1.807) is 0 Å². The smallest absolute Gasteiger partial charge is 0.407 e. The van der Waals surface area contributed by atoms with Crippen LogP contribution in [0.1, 0.15) is 62.0 Å². The van der Waals surface area contributed by atoms with E-state index in [9.17, 15) is 19.5 Å². The van der Waals surface area contributed by atoms with Gasteiger partial charge in [-0.15, -0.1) is 0 Å². The number of hydrogen-bond donors (Lipinski definition) is 3. The molecule has 2 atom stereocenters. The molecule has 2 aromatic rings. The number of carboxylic acid groups (broad SMARTS) is 1. The number of hydrogen-bond acceptors (Lipinski definition) is 4. The zero-order valence-electron chi connectivity index (χ0n) is 19.1. The second-order valence-corrected chi connectivity index (χ2v) is 9.76. The van der Waals surface area contributed by atoms with Crippen LogP contribution in [0.3, 0.4) is 0 Å². The predicted molar refractivity (Wildman–Crippen MR) is 126 cm³/mol. The van der Waals surface area contributed by atoms with Gasteiger partial charge in [0.15, 0.2) is 0 Å². The molecule has 3 aliphatic carbocycles. The summed E-state index contributed by atoms with van der Waals surface area (Å²) in [5, 5.41) is 15.0. The van der Waals surface area contributed by atoms with E-state index in [1.807, 2.05) is 24.3 Å². The SMILES string of the molecule is O=C(CC1CCCCC1NC(=O)OCC1c2ccccc2-c2ccccc21)NC1(C(=O)O)CC1. The topological polar surface area (TPSA) is 105 Å². The minimum atomic E-state index is -1.08. The summed E-state index contributed by atoms with van der Waals surface area (Å²) in [5.41, 5.74) is 3.61. The molecule has 178 valence electrons. The van der Waals surface area contributed by atoms with Gasteiger partial charge in [0, 0.05) is 18.4 Å². The first-order valence-corrected chi connectivity index (χ1v) is 12.1. The third-order valence-electron chi connectivity index (χ3n) is 7.54. The third kappa shape index (κ3) is 4.39. The molecular weight excluding hydrogens is 432 g/mol. The molecule has 3 N–H and O–H groups in total. The zero-order valence-corrected chi connectivity index (χ0v) is 19.1. The number of rotatable bonds is 7. The van der Waals surface area contributed by atoms with E-state index in [0.717, 1.165) is 36.8 Å². The van der Waals surface area contributed by atoms with Crippen molar-refractivity contribution in [3.05, 3.63) is 59.7 Å². The number of carbonyl (C=O) groups excluding carboxylic acids is 2. The van der Waals surface area contributed by atoms with Crippen LogP contribution >= 0.6 is 0 Å². The first-order valence-electron chi connectivity index (χ1n) is 12.1. The van der Waals surface area contributed by atoms with E-state index in [0.29, 0.717) is 12.8 Å². The number of aliphatic carboxylic acids is 1. The van der Waals surface area contributed by atoms with E-state index in [4.69, 9.17) is 4.74 Å². The van der Waals surface area contributed by atoms with Crippen molar-refractivity contribution < 1.29 is 24.2 Å². The lowest BCUT2D eigenvalue weighted by molar-refractivity contribution is -0.143. The Labute approximate surface area is 198 Å². The summed E-state index contributed by atoms with van der Waals surface area (Å²) in [7, 11) is 0. The molecule has 7 heteroatoms. The van der Waals surface area contributed by atoms with Crippen LogP contribution in [0.15, 0.2) is 48.5 Å². The van der Waals surface area contributed by atoms with Crippen LogP contribution in [-0.4, -0.2) is 41.3 Å². The minimum absolute atomic E-state index is 0.00293. The van der Waals surface area contributed by atoms with E-state index >= 15 is 0 Å². The van der Waals surface area contributed by atoms with Gasteiger partial charge in [-0.1, -0.05) is 61.4 Å².